The number of nitrogens with one attached hydrogen (secondary N) is 1. The predicted molar refractivity (Wildman–Crippen MR) is 70.5 cm³/mol. The first kappa shape index (κ1) is 14.4. The van der Waals surface area contributed by atoms with Gasteiger partial charge in [0.25, 0.3) is 0 Å². The minimum atomic E-state index is -0.962. The Hall–Kier alpha value is -1.98. The fourth-order valence-corrected chi connectivity index (χ4v) is 2.74. The number of nitrogens with zero attached hydrogens (tertiary/aromatic N) is 1. The third-order valence-corrected chi connectivity index (χ3v) is 3.92. The normalized spacial score (nSPS) is 25.4. The molecule has 3 unspecified atom stereocenters. The third kappa shape index (κ3) is 2.95. The number of aromatic nitrogens is 1. The first-order valence-corrected chi connectivity index (χ1v) is 6.66. The molecule has 2 N–H and O–H groups in total. The average Bonchev–Trinajstić information content (AvgIpc) is 2.86. The van der Waals surface area contributed by atoms with Gasteiger partial charge in [-0.3, -0.25) is 14.6 Å². The number of halogens is 1. The molecule has 0 radical (unpaired) electrons. The molecule has 1 amide bonds. The minimum absolute atomic E-state index is 0.0362. The summed E-state index contributed by atoms with van der Waals surface area (Å²) < 4.78 is 13.4. The molecule has 0 bridgehead atoms. The van der Waals surface area contributed by atoms with Crippen molar-refractivity contribution in [2.75, 3.05) is 5.32 Å². The number of carbonyl (C=O) groups excluding carboxylic acids is 1. The van der Waals surface area contributed by atoms with Crippen molar-refractivity contribution in [3.63, 3.8) is 0 Å². The molecule has 0 spiro atoms. The lowest BCUT2D eigenvalue weighted by molar-refractivity contribution is -0.145. The Labute approximate surface area is 116 Å². The maximum Gasteiger partial charge on any atom is 0.307 e. The van der Waals surface area contributed by atoms with Crippen LogP contribution in [0.15, 0.2) is 18.5 Å². The van der Waals surface area contributed by atoms with Gasteiger partial charge in [0.15, 0.2) is 5.82 Å². The van der Waals surface area contributed by atoms with Crippen LogP contribution in [0.2, 0.25) is 0 Å². The first-order chi connectivity index (χ1) is 9.52. The van der Waals surface area contributed by atoms with Crippen LogP contribution >= 0.6 is 0 Å². The summed E-state index contributed by atoms with van der Waals surface area (Å²) in [6.45, 7) is 1.98. The van der Waals surface area contributed by atoms with Crippen molar-refractivity contribution in [1.29, 1.82) is 0 Å². The maximum absolute atomic E-state index is 13.4. The topological polar surface area (TPSA) is 79.3 Å². The highest BCUT2D eigenvalue weighted by Crippen LogP contribution is 2.39. The number of pyridine rings is 1. The SMILES string of the molecule is CCC1CC(C(=O)O)C(C(=O)Nc2ccncc2F)C1. The molecule has 0 aromatic carbocycles. The molecule has 1 aromatic rings. The molecule has 1 aromatic heterocycles. The van der Waals surface area contributed by atoms with Gasteiger partial charge in [0, 0.05) is 6.20 Å². The van der Waals surface area contributed by atoms with Gasteiger partial charge in [0.2, 0.25) is 5.91 Å². The van der Waals surface area contributed by atoms with E-state index in [1.165, 1.54) is 12.3 Å². The molecule has 1 fully saturated rings. The van der Waals surface area contributed by atoms with Crippen molar-refractivity contribution >= 4 is 17.6 Å². The van der Waals surface area contributed by atoms with Gasteiger partial charge in [0.1, 0.15) is 0 Å². The molecule has 20 heavy (non-hydrogen) atoms. The first-order valence-electron chi connectivity index (χ1n) is 6.66. The van der Waals surface area contributed by atoms with Crippen LogP contribution in [0, 0.1) is 23.6 Å². The van der Waals surface area contributed by atoms with Gasteiger partial charge in [0.05, 0.1) is 23.7 Å². The van der Waals surface area contributed by atoms with E-state index in [4.69, 9.17) is 0 Å². The molecule has 1 saturated carbocycles. The van der Waals surface area contributed by atoms with Gasteiger partial charge in [-0.05, 0) is 24.8 Å². The summed E-state index contributed by atoms with van der Waals surface area (Å²) in [5, 5.41) is 11.7. The summed E-state index contributed by atoms with van der Waals surface area (Å²) in [4.78, 5) is 27.0. The van der Waals surface area contributed by atoms with Crippen molar-refractivity contribution in [2.24, 2.45) is 17.8 Å². The van der Waals surface area contributed by atoms with E-state index in [9.17, 15) is 19.1 Å². The van der Waals surface area contributed by atoms with Crippen molar-refractivity contribution < 1.29 is 19.1 Å². The number of carboxylic acid groups (broad SMARTS) is 1. The van der Waals surface area contributed by atoms with E-state index in [1.54, 1.807) is 0 Å². The summed E-state index contributed by atoms with van der Waals surface area (Å²) in [6.07, 6.45) is 4.26. The minimum Gasteiger partial charge on any atom is -0.481 e. The molecule has 6 heteroatoms. The van der Waals surface area contributed by atoms with Crippen LogP contribution in [0.3, 0.4) is 0 Å². The molecule has 1 heterocycles. The van der Waals surface area contributed by atoms with Crippen molar-refractivity contribution in [3.8, 4) is 0 Å². The Morgan fingerprint density at radius 1 is 1.45 bits per heavy atom. The molecule has 1 aliphatic carbocycles. The van der Waals surface area contributed by atoms with Crippen LogP contribution in [0.1, 0.15) is 26.2 Å². The van der Waals surface area contributed by atoms with Gasteiger partial charge in [-0.2, -0.15) is 0 Å². The van der Waals surface area contributed by atoms with Crippen molar-refractivity contribution in [3.05, 3.63) is 24.3 Å². The van der Waals surface area contributed by atoms with Gasteiger partial charge in [-0.1, -0.05) is 13.3 Å². The van der Waals surface area contributed by atoms with E-state index >= 15 is 0 Å². The summed E-state index contributed by atoms with van der Waals surface area (Å²) in [6, 6.07) is 1.36. The lowest BCUT2D eigenvalue weighted by atomic mass is 9.95. The maximum atomic E-state index is 13.4. The summed E-state index contributed by atoms with van der Waals surface area (Å²) in [5.74, 6) is -3.09. The Balaban J connectivity index is 2.11. The molecule has 0 aliphatic heterocycles. The summed E-state index contributed by atoms with van der Waals surface area (Å²) in [7, 11) is 0. The van der Waals surface area contributed by atoms with Gasteiger partial charge >= 0.3 is 5.97 Å². The molecule has 3 atom stereocenters. The molecular formula is C14H17FN2O3. The molecule has 0 saturated heterocycles. The Kier molecular flexibility index (Phi) is 4.32. The number of hydrogen-bond donors (Lipinski definition) is 2. The highest BCUT2D eigenvalue weighted by molar-refractivity contribution is 5.95. The smallest absolute Gasteiger partial charge is 0.307 e. The zero-order valence-electron chi connectivity index (χ0n) is 11.2. The quantitative estimate of drug-likeness (QED) is 0.887. The van der Waals surface area contributed by atoms with E-state index in [1.807, 2.05) is 6.92 Å². The van der Waals surface area contributed by atoms with Crippen molar-refractivity contribution in [1.82, 2.24) is 4.98 Å². The largest absolute Gasteiger partial charge is 0.481 e. The van der Waals surface area contributed by atoms with Crippen LogP contribution in [0.4, 0.5) is 10.1 Å². The second-order valence-electron chi connectivity index (χ2n) is 5.14. The van der Waals surface area contributed by atoms with E-state index < -0.39 is 29.5 Å². The van der Waals surface area contributed by atoms with E-state index in [0.29, 0.717) is 12.8 Å². The third-order valence-electron chi connectivity index (χ3n) is 3.92. The van der Waals surface area contributed by atoms with E-state index in [-0.39, 0.29) is 11.6 Å². The Morgan fingerprint density at radius 2 is 2.15 bits per heavy atom. The summed E-state index contributed by atoms with van der Waals surface area (Å²) in [5.41, 5.74) is 0.0362. The Bertz CT molecular complexity index is 521. The predicted octanol–water partition coefficient (Wildman–Crippen LogP) is 2.30. The standard InChI is InChI=1S/C14H17FN2O3/c1-2-8-5-9(10(6-8)14(19)20)13(18)17-12-3-4-16-7-11(12)15/h3-4,7-10H,2,5-6H2,1H3,(H,19,20)(H,16,17,18). The lowest BCUT2D eigenvalue weighted by Gasteiger charge is -2.15. The Morgan fingerprint density at radius 3 is 2.75 bits per heavy atom. The lowest BCUT2D eigenvalue weighted by Crippen LogP contribution is -2.30. The van der Waals surface area contributed by atoms with Gasteiger partial charge < -0.3 is 10.4 Å². The molecular weight excluding hydrogens is 263 g/mol. The average molecular weight is 280 g/mol. The molecule has 2 rings (SSSR count). The van der Waals surface area contributed by atoms with Crippen LogP contribution in [-0.4, -0.2) is 22.0 Å². The zero-order valence-corrected chi connectivity index (χ0v) is 11.2. The molecule has 5 nitrogen and oxygen atoms in total. The molecule has 108 valence electrons. The number of hydrogen-bond acceptors (Lipinski definition) is 3. The van der Waals surface area contributed by atoms with Crippen LogP contribution in [0.25, 0.3) is 0 Å². The zero-order chi connectivity index (χ0) is 14.7. The monoisotopic (exact) mass is 280 g/mol. The van der Waals surface area contributed by atoms with Gasteiger partial charge in [-0.15, -0.1) is 0 Å². The van der Waals surface area contributed by atoms with E-state index in [0.717, 1.165) is 12.6 Å². The number of carboxylic acids is 1. The van der Waals surface area contributed by atoms with Crippen molar-refractivity contribution in [2.45, 2.75) is 26.2 Å². The number of anilines is 1. The van der Waals surface area contributed by atoms with Crippen LogP contribution < -0.4 is 5.32 Å². The fraction of sp³-hybridized carbons (Fsp3) is 0.500. The van der Waals surface area contributed by atoms with Gasteiger partial charge in [-0.25, -0.2) is 4.39 Å². The number of rotatable bonds is 4. The summed E-state index contributed by atoms with van der Waals surface area (Å²) >= 11 is 0. The number of amides is 1. The highest BCUT2D eigenvalue weighted by atomic mass is 19.1. The molecule has 1 aliphatic rings. The highest BCUT2D eigenvalue weighted by Gasteiger charge is 2.42. The van der Waals surface area contributed by atoms with E-state index in [2.05, 4.69) is 10.3 Å². The number of aliphatic carboxylic acids is 1. The van der Waals surface area contributed by atoms with Crippen LogP contribution in [-0.2, 0) is 9.59 Å². The second-order valence-corrected chi connectivity index (χ2v) is 5.14. The number of carbonyl (C=O) groups is 2. The fourth-order valence-electron chi connectivity index (χ4n) is 2.74. The second kappa shape index (κ2) is 5.98. The van der Waals surface area contributed by atoms with Crippen LogP contribution in [0.5, 0.6) is 0 Å².